The minimum absolute atomic E-state index is 0.329. The first-order valence-corrected chi connectivity index (χ1v) is 7.49. The molecule has 2 rings (SSSR count). The second-order valence-electron chi connectivity index (χ2n) is 5.34. The molecule has 20 heavy (non-hydrogen) atoms. The summed E-state index contributed by atoms with van der Waals surface area (Å²) in [6, 6.07) is 7.57. The van der Waals surface area contributed by atoms with Gasteiger partial charge in [0.15, 0.2) is 0 Å². The van der Waals surface area contributed by atoms with E-state index < -0.39 is 6.04 Å². The lowest BCUT2D eigenvalue weighted by molar-refractivity contribution is -0.120. The van der Waals surface area contributed by atoms with Gasteiger partial charge in [-0.25, -0.2) is 0 Å². The van der Waals surface area contributed by atoms with Crippen molar-refractivity contribution in [3.8, 4) is 5.75 Å². The average molecular weight is 276 g/mol. The Labute approximate surface area is 120 Å². The van der Waals surface area contributed by atoms with Crippen molar-refractivity contribution in [2.24, 2.45) is 5.73 Å². The maximum Gasteiger partial charge on any atom is 0.239 e. The van der Waals surface area contributed by atoms with E-state index in [1.165, 1.54) is 19.3 Å². The van der Waals surface area contributed by atoms with E-state index in [0.717, 1.165) is 24.2 Å². The zero-order valence-electron chi connectivity index (χ0n) is 12.1. The molecular weight excluding hydrogens is 252 g/mol. The Hall–Kier alpha value is -1.55. The highest BCUT2D eigenvalue weighted by Gasteiger charge is 2.23. The summed E-state index contributed by atoms with van der Waals surface area (Å²) in [5.41, 5.74) is 6.45. The fourth-order valence-corrected chi connectivity index (χ4v) is 2.80. The lowest BCUT2D eigenvalue weighted by Crippen LogP contribution is -2.40. The van der Waals surface area contributed by atoms with Gasteiger partial charge in [0, 0.05) is 6.04 Å². The zero-order valence-corrected chi connectivity index (χ0v) is 12.1. The molecule has 0 aliphatic heterocycles. The number of ether oxygens (including phenoxy) is 1. The number of primary amides is 1. The average Bonchev–Trinajstić information content (AvgIpc) is 2.46. The molecule has 1 amide bonds. The normalized spacial score (nSPS) is 17.6. The quantitative estimate of drug-likeness (QED) is 0.839. The summed E-state index contributed by atoms with van der Waals surface area (Å²) in [5, 5.41) is 3.41. The van der Waals surface area contributed by atoms with Gasteiger partial charge in [-0.3, -0.25) is 10.1 Å². The molecule has 1 aliphatic rings. The van der Waals surface area contributed by atoms with Crippen LogP contribution in [0.15, 0.2) is 24.3 Å². The molecule has 0 spiro atoms. The van der Waals surface area contributed by atoms with E-state index in [1.807, 2.05) is 31.2 Å². The van der Waals surface area contributed by atoms with E-state index in [9.17, 15) is 4.79 Å². The van der Waals surface area contributed by atoms with Gasteiger partial charge in [-0.2, -0.15) is 0 Å². The molecular formula is C16H24N2O2. The maximum absolute atomic E-state index is 11.8. The molecule has 110 valence electrons. The molecule has 1 aromatic carbocycles. The molecule has 1 aromatic rings. The minimum atomic E-state index is -0.432. The van der Waals surface area contributed by atoms with Crippen molar-refractivity contribution in [1.82, 2.24) is 5.32 Å². The maximum atomic E-state index is 11.8. The van der Waals surface area contributed by atoms with Crippen LogP contribution in [0.25, 0.3) is 0 Å². The number of rotatable bonds is 6. The Morgan fingerprint density at radius 2 is 2.15 bits per heavy atom. The summed E-state index contributed by atoms with van der Waals surface area (Å²) in [7, 11) is 0. The molecule has 4 heteroatoms. The summed E-state index contributed by atoms with van der Waals surface area (Å²) in [5.74, 6) is 0.450. The van der Waals surface area contributed by atoms with Crippen LogP contribution in [0.3, 0.4) is 0 Å². The van der Waals surface area contributed by atoms with Crippen LogP contribution in [-0.2, 0) is 4.79 Å². The topological polar surface area (TPSA) is 64.3 Å². The lowest BCUT2D eigenvalue weighted by Gasteiger charge is -2.27. The van der Waals surface area contributed by atoms with Crippen molar-refractivity contribution in [3.63, 3.8) is 0 Å². The number of amides is 1. The second-order valence-corrected chi connectivity index (χ2v) is 5.34. The highest BCUT2D eigenvalue weighted by atomic mass is 16.5. The third-order valence-electron chi connectivity index (χ3n) is 3.79. The standard InChI is InChI=1S/C16H24N2O2/c1-2-20-14-10-6-7-12(11-14)15(16(17)19)18-13-8-4-3-5-9-13/h6-7,10-11,13,15,18H,2-5,8-9H2,1H3,(H2,17,19). The van der Waals surface area contributed by atoms with Gasteiger partial charge in [0.05, 0.1) is 6.61 Å². The zero-order chi connectivity index (χ0) is 14.4. The summed E-state index contributed by atoms with van der Waals surface area (Å²) in [6.07, 6.45) is 5.98. The Bertz CT molecular complexity index is 442. The number of carbonyl (C=O) groups excluding carboxylic acids is 1. The fourth-order valence-electron chi connectivity index (χ4n) is 2.80. The molecule has 1 atom stereocenters. The largest absolute Gasteiger partial charge is 0.494 e. The molecule has 0 heterocycles. The third-order valence-corrected chi connectivity index (χ3v) is 3.79. The number of benzene rings is 1. The molecule has 1 saturated carbocycles. The summed E-state index contributed by atoms with van der Waals surface area (Å²) >= 11 is 0. The number of hydrogen-bond acceptors (Lipinski definition) is 3. The van der Waals surface area contributed by atoms with E-state index >= 15 is 0 Å². The molecule has 1 unspecified atom stereocenters. The van der Waals surface area contributed by atoms with Crippen molar-refractivity contribution >= 4 is 5.91 Å². The summed E-state index contributed by atoms with van der Waals surface area (Å²) < 4.78 is 5.49. The van der Waals surface area contributed by atoms with Crippen LogP contribution in [0.1, 0.15) is 50.6 Å². The van der Waals surface area contributed by atoms with Gasteiger partial charge in [0.2, 0.25) is 5.91 Å². The van der Waals surface area contributed by atoms with Gasteiger partial charge in [0.25, 0.3) is 0 Å². The number of carbonyl (C=O) groups is 1. The van der Waals surface area contributed by atoms with Crippen LogP contribution in [0.5, 0.6) is 5.75 Å². The Balaban J connectivity index is 2.10. The smallest absolute Gasteiger partial charge is 0.239 e. The van der Waals surface area contributed by atoms with E-state index in [4.69, 9.17) is 10.5 Å². The Morgan fingerprint density at radius 3 is 2.80 bits per heavy atom. The molecule has 3 N–H and O–H groups in total. The van der Waals surface area contributed by atoms with Crippen molar-refractivity contribution < 1.29 is 9.53 Å². The molecule has 0 aromatic heterocycles. The van der Waals surface area contributed by atoms with Gasteiger partial charge in [-0.1, -0.05) is 31.4 Å². The van der Waals surface area contributed by atoms with Gasteiger partial charge in [-0.15, -0.1) is 0 Å². The van der Waals surface area contributed by atoms with Crippen LogP contribution in [0.2, 0.25) is 0 Å². The highest BCUT2D eigenvalue weighted by molar-refractivity contribution is 5.81. The highest BCUT2D eigenvalue weighted by Crippen LogP contribution is 2.23. The van der Waals surface area contributed by atoms with Crippen LogP contribution >= 0.6 is 0 Å². The van der Waals surface area contributed by atoms with Gasteiger partial charge in [0.1, 0.15) is 11.8 Å². The van der Waals surface area contributed by atoms with Crippen LogP contribution in [-0.4, -0.2) is 18.6 Å². The fraction of sp³-hybridized carbons (Fsp3) is 0.562. The van der Waals surface area contributed by atoms with Crippen LogP contribution in [0.4, 0.5) is 0 Å². The molecule has 4 nitrogen and oxygen atoms in total. The molecule has 0 bridgehead atoms. The van der Waals surface area contributed by atoms with Crippen molar-refractivity contribution in [2.45, 2.75) is 51.1 Å². The predicted octanol–water partition coefficient (Wildman–Crippen LogP) is 2.53. The summed E-state index contributed by atoms with van der Waals surface area (Å²) in [4.78, 5) is 11.8. The minimum Gasteiger partial charge on any atom is -0.494 e. The lowest BCUT2D eigenvalue weighted by atomic mass is 9.94. The van der Waals surface area contributed by atoms with E-state index in [0.29, 0.717) is 12.6 Å². The number of nitrogens with one attached hydrogen (secondary N) is 1. The third kappa shape index (κ3) is 3.97. The first kappa shape index (κ1) is 14.9. The van der Waals surface area contributed by atoms with Crippen molar-refractivity contribution in [1.29, 1.82) is 0 Å². The monoisotopic (exact) mass is 276 g/mol. The Morgan fingerprint density at radius 1 is 1.40 bits per heavy atom. The van der Waals surface area contributed by atoms with Gasteiger partial charge >= 0.3 is 0 Å². The predicted molar refractivity (Wildman–Crippen MR) is 79.6 cm³/mol. The van der Waals surface area contributed by atoms with E-state index in [-0.39, 0.29) is 5.91 Å². The van der Waals surface area contributed by atoms with Gasteiger partial charge in [-0.05, 0) is 37.5 Å². The molecule has 0 radical (unpaired) electrons. The number of nitrogens with two attached hydrogens (primary N) is 1. The van der Waals surface area contributed by atoms with E-state index in [1.54, 1.807) is 0 Å². The van der Waals surface area contributed by atoms with Crippen LogP contribution in [0, 0.1) is 0 Å². The first-order valence-electron chi connectivity index (χ1n) is 7.49. The van der Waals surface area contributed by atoms with Crippen molar-refractivity contribution in [3.05, 3.63) is 29.8 Å². The summed E-state index contributed by atoms with van der Waals surface area (Å²) in [6.45, 7) is 2.55. The molecule has 0 saturated heterocycles. The Kier molecular flexibility index (Phi) is 5.41. The van der Waals surface area contributed by atoms with E-state index in [2.05, 4.69) is 5.32 Å². The molecule has 1 fully saturated rings. The first-order chi connectivity index (χ1) is 9.70. The SMILES string of the molecule is CCOc1cccc(C(NC2CCCCC2)C(N)=O)c1. The van der Waals surface area contributed by atoms with Gasteiger partial charge < -0.3 is 10.5 Å². The van der Waals surface area contributed by atoms with Crippen LogP contribution < -0.4 is 15.8 Å². The second kappa shape index (κ2) is 7.29. The number of hydrogen-bond donors (Lipinski definition) is 2. The molecule has 1 aliphatic carbocycles. The van der Waals surface area contributed by atoms with Crippen molar-refractivity contribution in [2.75, 3.05) is 6.61 Å².